The smallest absolute Gasteiger partial charge is 0.338 e. The van der Waals surface area contributed by atoms with Gasteiger partial charge in [0, 0.05) is 22.6 Å². The van der Waals surface area contributed by atoms with Gasteiger partial charge in [-0.25, -0.2) is 14.2 Å². The molecule has 7 nitrogen and oxygen atoms in total. The predicted octanol–water partition coefficient (Wildman–Crippen LogP) is 5.92. The van der Waals surface area contributed by atoms with Gasteiger partial charge in [0.1, 0.15) is 18.2 Å². The topological polar surface area (TPSA) is 74.8 Å². The second-order valence-corrected chi connectivity index (χ2v) is 11.7. The largest absolute Gasteiger partial charge is 0.489 e. The van der Waals surface area contributed by atoms with Gasteiger partial charge in [-0.3, -0.25) is 9.36 Å². The minimum atomic E-state index is -0.640. The summed E-state index contributed by atoms with van der Waals surface area (Å²) < 4.78 is 29.2. The van der Waals surface area contributed by atoms with Gasteiger partial charge in [-0.15, -0.1) is 0 Å². The summed E-state index contributed by atoms with van der Waals surface area (Å²) in [4.78, 5) is 32.3. The summed E-state index contributed by atoms with van der Waals surface area (Å²) in [6, 6.07) is 25.1. The maximum Gasteiger partial charge on any atom is 0.338 e. The first kappa shape index (κ1) is 30.0. The van der Waals surface area contributed by atoms with E-state index in [0.29, 0.717) is 38.3 Å². The SMILES string of the molecule is CCC1=C(C(=O)OC)[C@@H](c2ccccc2)n2c(s/c(=C/c3cc(C)n(-c4ccc(OCc5ccccc5F)cc4)c3C)c2=O)=N1. The monoisotopic (exact) mass is 621 g/mol. The maximum atomic E-state index is 14.0. The molecule has 0 amide bonds. The van der Waals surface area contributed by atoms with Crippen LogP contribution in [0.1, 0.15) is 47.5 Å². The summed E-state index contributed by atoms with van der Waals surface area (Å²) in [5.41, 5.74) is 5.87. The molecule has 0 fully saturated rings. The van der Waals surface area contributed by atoms with Gasteiger partial charge in [0.05, 0.1) is 29.0 Å². The van der Waals surface area contributed by atoms with Gasteiger partial charge in [-0.2, -0.15) is 0 Å². The molecule has 2 aromatic heterocycles. The van der Waals surface area contributed by atoms with Gasteiger partial charge in [-0.1, -0.05) is 66.8 Å². The molecule has 45 heavy (non-hydrogen) atoms. The lowest BCUT2D eigenvalue weighted by Gasteiger charge is -2.25. The molecule has 3 heterocycles. The number of thiazole rings is 1. The van der Waals surface area contributed by atoms with Gasteiger partial charge in [0.2, 0.25) is 0 Å². The van der Waals surface area contributed by atoms with Crippen LogP contribution in [-0.4, -0.2) is 22.2 Å². The highest BCUT2D eigenvalue weighted by Crippen LogP contribution is 2.32. The van der Waals surface area contributed by atoms with Crippen LogP contribution in [0.5, 0.6) is 5.75 Å². The molecule has 0 aliphatic carbocycles. The number of ether oxygens (including phenoxy) is 2. The van der Waals surface area contributed by atoms with Gasteiger partial charge in [0.25, 0.3) is 5.56 Å². The third kappa shape index (κ3) is 5.67. The Morgan fingerprint density at radius 2 is 1.73 bits per heavy atom. The number of fused-ring (bicyclic) bond motifs is 1. The Morgan fingerprint density at radius 3 is 2.42 bits per heavy atom. The van der Waals surface area contributed by atoms with E-state index in [4.69, 9.17) is 14.5 Å². The van der Waals surface area contributed by atoms with Crippen molar-refractivity contribution in [2.45, 2.75) is 39.8 Å². The van der Waals surface area contributed by atoms with E-state index in [0.717, 1.165) is 28.2 Å². The van der Waals surface area contributed by atoms with E-state index >= 15 is 0 Å². The number of aryl methyl sites for hydroxylation is 1. The first-order valence-corrected chi connectivity index (χ1v) is 15.5. The minimum Gasteiger partial charge on any atom is -0.489 e. The van der Waals surface area contributed by atoms with Crippen LogP contribution in [0.4, 0.5) is 4.39 Å². The highest BCUT2D eigenvalue weighted by molar-refractivity contribution is 7.07. The summed E-state index contributed by atoms with van der Waals surface area (Å²) in [5, 5.41) is 0. The van der Waals surface area contributed by atoms with Crippen molar-refractivity contribution in [1.29, 1.82) is 0 Å². The average molecular weight is 622 g/mol. The molecule has 0 spiro atoms. The Kier molecular flexibility index (Phi) is 8.36. The third-order valence-electron chi connectivity index (χ3n) is 7.97. The number of aromatic nitrogens is 2. The molecule has 5 aromatic rings. The van der Waals surface area contributed by atoms with Crippen molar-refractivity contribution in [3.8, 4) is 11.4 Å². The lowest BCUT2D eigenvalue weighted by atomic mass is 9.95. The standard InChI is InChI=1S/C36H32FN3O4S/c1-5-30-32(35(42)43-4)33(24-11-7-6-8-12-24)40-34(41)31(45-36(40)38-30)20-26-19-22(2)39(23(26)3)27-15-17-28(18-16-27)44-21-25-13-9-10-14-29(25)37/h6-20,33H,5,21H2,1-4H3/b31-20+/t33-/m1/s1. The predicted molar refractivity (Wildman–Crippen MR) is 173 cm³/mol. The lowest BCUT2D eigenvalue weighted by Crippen LogP contribution is -2.40. The zero-order valence-electron chi connectivity index (χ0n) is 25.4. The zero-order valence-corrected chi connectivity index (χ0v) is 26.2. The average Bonchev–Trinajstić information content (AvgIpc) is 3.53. The van der Waals surface area contributed by atoms with E-state index in [2.05, 4.69) is 4.57 Å². The third-order valence-corrected chi connectivity index (χ3v) is 8.95. The summed E-state index contributed by atoms with van der Waals surface area (Å²) in [7, 11) is 1.35. The molecular formula is C36H32FN3O4S. The van der Waals surface area contributed by atoms with Crippen molar-refractivity contribution < 1.29 is 18.7 Å². The number of allylic oxidation sites excluding steroid dienone is 1. The Labute approximate surface area is 263 Å². The molecule has 1 aliphatic heterocycles. The Balaban J connectivity index is 1.36. The molecule has 0 saturated carbocycles. The number of carbonyl (C=O) groups excluding carboxylic acids is 1. The van der Waals surface area contributed by atoms with Crippen LogP contribution in [-0.2, 0) is 16.1 Å². The van der Waals surface area contributed by atoms with Crippen molar-refractivity contribution >= 4 is 23.4 Å². The van der Waals surface area contributed by atoms with E-state index in [9.17, 15) is 14.0 Å². The van der Waals surface area contributed by atoms with E-state index < -0.39 is 12.0 Å². The molecule has 6 rings (SSSR count). The molecule has 0 saturated heterocycles. The minimum absolute atomic E-state index is 0.140. The summed E-state index contributed by atoms with van der Waals surface area (Å²) in [6.45, 7) is 6.10. The number of esters is 1. The maximum absolute atomic E-state index is 14.0. The summed E-state index contributed by atoms with van der Waals surface area (Å²) in [6.07, 6.45) is 2.41. The van der Waals surface area contributed by atoms with Crippen LogP contribution in [0.25, 0.3) is 11.8 Å². The van der Waals surface area contributed by atoms with Crippen LogP contribution in [0.3, 0.4) is 0 Å². The molecule has 3 aromatic carbocycles. The van der Waals surface area contributed by atoms with Gasteiger partial charge >= 0.3 is 5.97 Å². The van der Waals surface area contributed by atoms with E-state index in [1.165, 1.54) is 24.5 Å². The number of halogens is 1. The number of hydrogen-bond acceptors (Lipinski definition) is 6. The number of rotatable bonds is 8. The number of methoxy groups -OCH3 is 1. The van der Waals surface area contributed by atoms with Crippen LogP contribution in [0, 0.1) is 19.7 Å². The Morgan fingerprint density at radius 1 is 1.02 bits per heavy atom. The number of hydrogen-bond donors (Lipinski definition) is 0. The zero-order chi connectivity index (χ0) is 31.7. The van der Waals surface area contributed by atoms with E-state index in [-0.39, 0.29) is 18.0 Å². The number of carbonyl (C=O) groups is 1. The van der Waals surface area contributed by atoms with Crippen LogP contribution < -0.4 is 19.6 Å². The number of benzene rings is 3. The summed E-state index contributed by atoms with van der Waals surface area (Å²) in [5.74, 6) is -0.152. The molecule has 0 radical (unpaired) electrons. The second kappa shape index (κ2) is 12.5. The van der Waals surface area contributed by atoms with E-state index in [1.807, 2.05) is 87.5 Å². The van der Waals surface area contributed by atoms with Crippen molar-refractivity contribution in [2.24, 2.45) is 4.99 Å². The molecule has 1 atom stereocenters. The fourth-order valence-electron chi connectivity index (χ4n) is 5.76. The molecule has 1 aliphatic rings. The first-order valence-electron chi connectivity index (χ1n) is 14.6. The quantitative estimate of drug-likeness (QED) is 0.202. The molecule has 0 bridgehead atoms. The first-order chi connectivity index (χ1) is 21.8. The van der Waals surface area contributed by atoms with Gasteiger partial charge in [-0.05, 0) is 73.9 Å². The Bertz CT molecular complexity index is 2110. The van der Waals surface area contributed by atoms with Crippen LogP contribution in [0.2, 0.25) is 0 Å². The highest BCUT2D eigenvalue weighted by atomic mass is 32.1. The lowest BCUT2D eigenvalue weighted by molar-refractivity contribution is -0.136. The number of nitrogens with zero attached hydrogens (tertiary/aromatic N) is 3. The molecule has 9 heteroatoms. The Hall–Kier alpha value is -5.02. The molecular weight excluding hydrogens is 589 g/mol. The van der Waals surface area contributed by atoms with Gasteiger partial charge < -0.3 is 14.0 Å². The molecule has 0 N–H and O–H groups in total. The van der Waals surface area contributed by atoms with Crippen molar-refractivity contribution in [3.05, 3.63) is 150 Å². The van der Waals surface area contributed by atoms with Crippen molar-refractivity contribution in [1.82, 2.24) is 9.13 Å². The fraction of sp³-hybridized carbons (Fsp3) is 0.194. The van der Waals surface area contributed by atoms with E-state index in [1.54, 1.807) is 22.8 Å². The van der Waals surface area contributed by atoms with Crippen molar-refractivity contribution in [2.75, 3.05) is 7.11 Å². The summed E-state index contributed by atoms with van der Waals surface area (Å²) >= 11 is 1.31. The van der Waals surface area contributed by atoms with Crippen LogP contribution in [0.15, 0.2) is 106 Å². The highest BCUT2D eigenvalue weighted by Gasteiger charge is 2.33. The molecule has 228 valence electrons. The second-order valence-electron chi connectivity index (χ2n) is 10.7. The molecule has 0 unspecified atom stereocenters. The van der Waals surface area contributed by atoms with Crippen molar-refractivity contribution in [3.63, 3.8) is 0 Å². The van der Waals surface area contributed by atoms with Gasteiger partial charge in [0.15, 0.2) is 4.80 Å². The fourth-order valence-corrected chi connectivity index (χ4v) is 6.77. The van der Waals surface area contributed by atoms with Crippen LogP contribution >= 0.6 is 11.3 Å². The normalized spacial score (nSPS) is 14.7.